The number of methoxy groups -OCH3 is 2. The Hall–Kier alpha value is -2.26. The number of thioether (sulfide) groups is 1. The molecule has 1 aliphatic rings. The lowest BCUT2D eigenvalue weighted by atomic mass is 10.1. The van der Waals surface area contributed by atoms with Crippen LogP contribution in [0.1, 0.15) is 15.9 Å². The zero-order valence-electron chi connectivity index (χ0n) is 15.2. The monoisotopic (exact) mass is 468 g/mol. The molecule has 0 spiro atoms. The number of nitrogens with one attached hydrogen (secondary N) is 1. The van der Waals surface area contributed by atoms with Gasteiger partial charge in [-0.05, 0) is 42.6 Å². The molecule has 150 valence electrons. The third-order valence-electron chi connectivity index (χ3n) is 3.90. The molecule has 0 bridgehead atoms. The summed E-state index contributed by atoms with van der Waals surface area (Å²) in [6.45, 7) is 0. The van der Waals surface area contributed by atoms with Crippen LogP contribution in [-0.4, -0.2) is 35.4 Å². The van der Waals surface area contributed by atoms with E-state index < -0.39 is 11.8 Å². The molecule has 2 amide bonds. The molecule has 0 aromatic heterocycles. The number of hydrogen-bond acceptors (Lipinski definition) is 6. The Bertz CT molecular complexity index is 1040. The van der Waals surface area contributed by atoms with Crippen molar-refractivity contribution in [3.05, 3.63) is 62.5 Å². The van der Waals surface area contributed by atoms with Crippen LogP contribution in [0.2, 0.25) is 10.0 Å². The second-order valence-corrected chi connectivity index (χ2v) is 8.18. The number of carbonyl (C=O) groups excluding carboxylic acids is 2. The van der Waals surface area contributed by atoms with Gasteiger partial charge in [-0.2, -0.15) is 5.01 Å². The Kier molecular flexibility index (Phi) is 6.69. The highest BCUT2D eigenvalue weighted by atomic mass is 35.5. The van der Waals surface area contributed by atoms with Gasteiger partial charge in [0.05, 0.1) is 29.7 Å². The maximum Gasteiger partial charge on any atom is 0.285 e. The fourth-order valence-corrected chi connectivity index (χ4v) is 4.23. The van der Waals surface area contributed by atoms with Gasteiger partial charge < -0.3 is 9.47 Å². The summed E-state index contributed by atoms with van der Waals surface area (Å²) in [6.07, 6.45) is 1.63. The fourth-order valence-electron chi connectivity index (χ4n) is 2.57. The average Bonchev–Trinajstić information content (AvgIpc) is 2.95. The number of para-hydroxylation sites is 1. The van der Waals surface area contributed by atoms with E-state index in [9.17, 15) is 9.59 Å². The summed E-state index contributed by atoms with van der Waals surface area (Å²) in [6, 6.07) is 9.74. The highest BCUT2D eigenvalue weighted by Crippen LogP contribution is 2.37. The lowest BCUT2D eigenvalue weighted by Crippen LogP contribution is -2.44. The van der Waals surface area contributed by atoms with Crippen molar-refractivity contribution < 1.29 is 19.1 Å². The van der Waals surface area contributed by atoms with E-state index in [1.165, 1.54) is 32.4 Å². The molecule has 0 unspecified atom stereocenters. The number of carbonyl (C=O) groups is 2. The molecule has 2 aromatic rings. The maximum atomic E-state index is 12.8. The molecular formula is C19H14Cl2N2O4S2. The standard InChI is InChI=1S/C19H14Cl2N2O4S2/c1-26-14-5-3-4-10(16(14)27-2)8-15-18(25)23(19(28)29-15)22-17(24)12-7-6-11(20)9-13(12)21/h3-9H,1-2H3,(H,22,24)/b15-8+. The molecule has 1 aliphatic heterocycles. The van der Waals surface area contributed by atoms with Crippen LogP contribution in [0.15, 0.2) is 41.3 Å². The average molecular weight is 469 g/mol. The van der Waals surface area contributed by atoms with Crippen LogP contribution in [0.4, 0.5) is 0 Å². The van der Waals surface area contributed by atoms with Crippen LogP contribution in [-0.2, 0) is 4.79 Å². The summed E-state index contributed by atoms with van der Waals surface area (Å²) in [7, 11) is 3.04. The van der Waals surface area contributed by atoms with E-state index in [2.05, 4.69) is 5.43 Å². The van der Waals surface area contributed by atoms with Gasteiger partial charge in [0.25, 0.3) is 11.8 Å². The second-order valence-electron chi connectivity index (χ2n) is 5.66. The SMILES string of the molecule is COc1cccc(/C=C2/SC(=S)N(NC(=O)c3ccc(Cl)cc3Cl)C2=O)c1OC. The summed E-state index contributed by atoms with van der Waals surface area (Å²) in [5, 5.41) is 1.57. The number of nitrogens with zero attached hydrogens (tertiary/aromatic N) is 1. The van der Waals surface area contributed by atoms with Gasteiger partial charge in [-0.25, -0.2) is 0 Å². The molecule has 0 aliphatic carbocycles. The number of ether oxygens (including phenoxy) is 2. The first-order valence-corrected chi connectivity index (χ1v) is 10.1. The van der Waals surface area contributed by atoms with E-state index in [1.807, 2.05) is 0 Å². The van der Waals surface area contributed by atoms with Crippen molar-refractivity contribution in [3.8, 4) is 11.5 Å². The second kappa shape index (κ2) is 9.04. The van der Waals surface area contributed by atoms with Crippen molar-refractivity contribution in [3.63, 3.8) is 0 Å². The molecule has 0 saturated carbocycles. The lowest BCUT2D eigenvalue weighted by Gasteiger charge is -2.16. The molecule has 29 heavy (non-hydrogen) atoms. The zero-order valence-corrected chi connectivity index (χ0v) is 18.3. The van der Waals surface area contributed by atoms with Crippen LogP contribution >= 0.6 is 47.2 Å². The maximum absolute atomic E-state index is 12.8. The first-order valence-electron chi connectivity index (χ1n) is 8.10. The number of halogens is 2. The van der Waals surface area contributed by atoms with Gasteiger partial charge in [-0.3, -0.25) is 15.0 Å². The topological polar surface area (TPSA) is 67.9 Å². The van der Waals surface area contributed by atoms with Gasteiger partial charge in [0.1, 0.15) is 0 Å². The van der Waals surface area contributed by atoms with Crippen LogP contribution in [0, 0.1) is 0 Å². The normalized spacial score (nSPS) is 15.0. The minimum absolute atomic E-state index is 0.164. The van der Waals surface area contributed by atoms with E-state index in [4.69, 9.17) is 44.9 Å². The van der Waals surface area contributed by atoms with Crippen LogP contribution < -0.4 is 14.9 Å². The molecular weight excluding hydrogens is 455 g/mol. The fraction of sp³-hybridized carbons (Fsp3) is 0.105. The Morgan fingerprint density at radius 3 is 2.62 bits per heavy atom. The first kappa shape index (κ1) is 21.4. The van der Waals surface area contributed by atoms with Crippen LogP contribution in [0.5, 0.6) is 11.5 Å². The smallest absolute Gasteiger partial charge is 0.285 e. The predicted octanol–water partition coefficient (Wildman–Crippen LogP) is 4.56. The number of rotatable bonds is 5. The highest BCUT2D eigenvalue weighted by Gasteiger charge is 2.34. The number of hydrazine groups is 1. The number of thiocarbonyl (C=S) groups is 1. The van der Waals surface area contributed by atoms with E-state index >= 15 is 0 Å². The first-order chi connectivity index (χ1) is 13.8. The van der Waals surface area contributed by atoms with Crippen LogP contribution in [0.3, 0.4) is 0 Å². The van der Waals surface area contributed by atoms with Crippen molar-refractivity contribution in [2.75, 3.05) is 14.2 Å². The van der Waals surface area contributed by atoms with E-state index in [1.54, 1.807) is 24.3 Å². The van der Waals surface area contributed by atoms with E-state index in [0.717, 1.165) is 16.8 Å². The molecule has 1 N–H and O–H groups in total. The van der Waals surface area contributed by atoms with Crippen molar-refractivity contribution in [1.29, 1.82) is 0 Å². The predicted molar refractivity (Wildman–Crippen MR) is 118 cm³/mol. The minimum atomic E-state index is -0.580. The summed E-state index contributed by atoms with van der Waals surface area (Å²) < 4.78 is 10.8. The molecule has 1 fully saturated rings. The van der Waals surface area contributed by atoms with Gasteiger partial charge in [-0.1, -0.05) is 47.1 Å². The molecule has 1 heterocycles. The Balaban J connectivity index is 1.85. The molecule has 0 atom stereocenters. The summed E-state index contributed by atoms with van der Waals surface area (Å²) in [4.78, 5) is 25.6. The van der Waals surface area contributed by atoms with Crippen molar-refractivity contribution in [2.24, 2.45) is 0 Å². The van der Waals surface area contributed by atoms with E-state index in [-0.39, 0.29) is 14.9 Å². The number of benzene rings is 2. The lowest BCUT2D eigenvalue weighted by molar-refractivity contribution is -0.123. The Morgan fingerprint density at radius 2 is 1.97 bits per heavy atom. The number of amides is 2. The van der Waals surface area contributed by atoms with Crippen molar-refractivity contribution in [1.82, 2.24) is 10.4 Å². The Labute approximate surface area is 186 Å². The largest absolute Gasteiger partial charge is 0.493 e. The highest BCUT2D eigenvalue weighted by molar-refractivity contribution is 8.26. The Morgan fingerprint density at radius 1 is 1.21 bits per heavy atom. The molecule has 1 saturated heterocycles. The molecule has 2 aromatic carbocycles. The minimum Gasteiger partial charge on any atom is -0.493 e. The van der Waals surface area contributed by atoms with Gasteiger partial charge in [0.2, 0.25) is 0 Å². The van der Waals surface area contributed by atoms with E-state index in [0.29, 0.717) is 27.0 Å². The zero-order chi connectivity index (χ0) is 21.1. The van der Waals surface area contributed by atoms with Gasteiger partial charge >= 0.3 is 0 Å². The van der Waals surface area contributed by atoms with Gasteiger partial charge in [-0.15, -0.1) is 0 Å². The summed E-state index contributed by atoms with van der Waals surface area (Å²) in [5.74, 6) is -0.0360. The van der Waals surface area contributed by atoms with Crippen molar-refractivity contribution >= 4 is 69.4 Å². The van der Waals surface area contributed by atoms with Crippen molar-refractivity contribution in [2.45, 2.75) is 0 Å². The molecule has 6 nitrogen and oxygen atoms in total. The van der Waals surface area contributed by atoms with Crippen LogP contribution in [0.25, 0.3) is 6.08 Å². The summed E-state index contributed by atoms with van der Waals surface area (Å²) in [5.41, 5.74) is 3.29. The third-order valence-corrected chi connectivity index (χ3v) is 5.75. The molecule has 3 rings (SSSR count). The number of hydrogen-bond donors (Lipinski definition) is 1. The van der Waals surface area contributed by atoms with Gasteiger partial charge in [0, 0.05) is 10.6 Å². The third kappa shape index (κ3) is 4.51. The van der Waals surface area contributed by atoms with Gasteiger partial charge in [0.15, 0.2) is 15.8 Å². The molecule has 10 heteroatoms. The quantitative estimate of drug-likeness (QED) is 0.512. The summed E-state index contributed by atoms with van der Waals surface area (Å²) >= 11 is 18.2. The molecule has 0 radical (unpaired) electrons.